The van der Waals surface area contributed by atoms with Crippen LogP contribution in [-0.4, -0.2) is 57.8 Å². The monoisotopic (exact) mass is 384 g/mol. The van der Waals surface area contributed by atoms with E-state index < -0.39 is 41.6 Å². The minimum atomic E-state index is -1.42. The Balaban J connectivity index is 2.15. The third-order valence-electron chi connectivity index (χ3n) is 4.41. The van der Waals surface area contributed by atoms with Gasteiger partial charge in [-0.25, -0.2) is 9.63 Å². The van der Waals surface area contributed by atoms with Gasteiger partial charge in [-0.2, -0.15) is 0 Å². The third kappa shape index (κ3) is 4.54. The molecule has 26 heavy (non-hydrogen) atoms. The molecule has 1 heterocycles. The number of carbonyl (C=O) groups is 2. The van der Waals surface area contributed by atoms with Gasteiger partial charge in [0.1, 0.15) is 24.9 Å². The highest BCUT2D eigenvalue weighted by Crippen LogP contribution is 2.27. The highest BCUT2D eigenvalue weighted by atomic mass is 35.5. The number of esters is 1. The maximum absolute atomic E-state index is 12.9. The van der Waals surface area contributed by atoms with Crippen molar-refractivity contribution in [1.29, 1.82) is 0 Å². The minimum Gasteiger partial charge on any atom is -0.459 e. The predicted molar refractivity (Wildman–Crippen MR) is 96.0 cm³/mol. The smallest absolute Gasteiger partial charge is 0.332 e. The van der Waals surface area contributed by atoms with Gasteiger partial charge in [-0.3, -0.25) is 4.79 Å². The van der Waals surface area contributed by atoms with Crippen LogP contribution in [0.15, 0.2) is 30.3 Å². The Labute approximate surface area is 158 Å². The number of nitrogens with zero attached hydrogens (tertiary/aromatic N) is 1. The van der Waals surface area contributed by atoms with Gasteiger partial charge in [-0.15, -0.1) is 0 Å². The lowest BCUT2D eigenvalue weighted by atomic mass is 9.86. The number of aliphatic hydroxyl groups is 2. The molecule has 1 amide bonds. The topological polar surface area (TPSA) is 99.1 Å². The third-order valence-corrected chi connectivity index (χ3v) is 4.63. The van der Waals surface area contributed by atoms with E-state index in [1.165, 1.54) is 0 Å². The molecule has 1 aliphatic rings. The lowest BCUT2D eigenvalue weighted by Crippen LogP contribution is -2.55. The number of amides is 1. The molecule has 8 heteroatoms. The molecule has 3 N–H and O–H groups in total. The number of hydrogen-bond acceptors (Lipinski definition) is 6. The molecule has 1 aliphatic heterocycles. The zero-order valence-corrected chi connectivity index (χ0v) is 15.8. The van der Waals surface area contributed by atoms with Crippen molar-refractivity contribution < 1.29 is 24.5 Å². The summed E-state index contributed by atoms with van der Waals surface area (Å²) in [6, 6.07) is 6.98. The van der Waals surface area contributed by atoms with Crippen LogP contribution in [0.2, 0.25) is 0 Å². The average Bonchev–Trinajstić information content (AvgIpc) is 2.88. The van der Waals surface area contributed by atoms with Crippen molar-refractivity contribution in [2.24, 2.45) is 5.41 Å². The van der Waals surface area contributed by atoms with Crippen molar-refractivity contribution in [2.75, 3.05) is 6.54 Å². The van der Waals surface area contributed by atoms with E-state index in [4.69, 9.17) is 16.5 Å². The minimum absolute atomic E-state index is 0.0114. The summed E-state index contributed by atoms with van der Waals surface area (Å²) in [5.74, 6) is -1.25. The molecule has 144 valence electrons. The molecule has 4 atom stereocenters. The van der Waals surface area contributed by atoms with Crippen LogP contribution in [0.5, 0.6) is 0 Å². The molecular weight excluding hydrogens is 360 g/mol. The van der Waals surface area contributed by atoms with E-state index in [0.717, 1.165) is 10.5 Å². The molecule has 1 saturated heterocycles. The van der Waals surface area contributed by atoms with Crippen molar-refractivity contribution in [1.82, 2.24) is 9.74 Å². The van der Waals surface area contributed by atoms with Crippen molar-refractivity contribution >= 4 is 23.7 Å². The van der Waals surface area contributed by atoms with E-state index in [9.17, 15) is 19.8 Å². The van der Waals surface area contributed by atoms with Crippen LogP contribution in [0.25, 0.3) is 0 Å². The fourth-order valence-electron chi connectivity index (χ4n) is 2.87. The summed E-state index contributed by atoms with van der Waals surface area (Å²) in [5, 5.41) is 20.2. The van der Waals surface area contributed by atoms with Gasteiger partial charge < -0.3 is 19.8 Å². The Kier molecular flexibility index (Phi) is 6.63. The maximum Gasteiger partial charge on any atom is 0.332 e. The second-order valence-corrected chi connectivity index (χ2v) is 7.71. The molecule has 1 fully saturated rings. The number of rotatable bonds is 5. The molecule has 0 aromatic heterocycles. The number of halogens is 1. The number of aliphatic hydroxyl groups excluding tert-OH is 2. The number of hydrogen-bond donors (Lipinski definition) is 3. The first kappa shape index (κ1) is 20.6. The summed E-state index contributed by atoms with van der Waals surface area (Å²) in [6.07, 6.45) is -2.65. The summed E-state index contributed by atoms with van der Waals surface area (Å²) in [7, 11) is 0. The summed E-state index contributed by atoms with van der Waals surface area (Å²) in [5.41, 5.74) is 0.247. The average molecular weight is 385 g/mol. The number of nitrogens with one attached hydrogen (secondary N) is 1. The Morgan fingerprint density at radius 1 is 1.31 bits per heavy atom. The number of benzene rings is 1. The van der Waals surface area contributed by atoms with E-state index in [-0.39, 0.29) is 13.2 Å². The molecule has 0 bridgehead atoms. The summed E-state index contributed by atoms with van der Waals surface area (Å²) in [6.45, 7) is 5.29. The molecule has 0 unspecified atom stereocenters. The van der Waals surface area contributed by atoms with Crippen molar-refractivity contribution in [2.45, 2.75) is 51.7 Å². The SMILES string of the molecule is CC(C)(C)[C@H](NCl)C(=O)N1C[C@H](O)[C@H](O)[C@H]1C(=O)OCc1ccccc1. The van der Waals surface area contributed by atoms with Crippen LogP contribution in [0, 0.1) is 5.41 Å². The second-order valence-electron chi connectivity index (χ2n) is 7.49. The van der Waals surface area contributed by atoms with Gasteiger partial charge >= 0.3 is 5.97 Å². The van der Waals surface area contributed by atoms with Gasteiger partial charge in [-0.05, 0) is 22.8 Å². The van der Waals surface area contributed by atoms with Gasteiger partial charge in [0.15, 0.2) is 6.04 Å². The standard InChI is InChI=1S/C18H25ClN2O5/c1-18(2,3)15(20-19)16(24)21-9-12(22)14(23)13(21)17(25)26-10-11-7-5-4-6-8-11/h4-8,12-15,20,22-23H,9-10H2,1-3H3/t12-,13-,14-,15+/m0/s1. The molecule has 2 rings (SSSR count). The van der Waals surface area contributed by atoms with E-state index in [0.29, 0.717) is 0 Å². The zero-order chi connectivity index (χ0) is 19.5. The van der Waals surface area contributed by atoms with E-state index >= 15 is 0 Å². The van der Waals surface area contributed by atoms with Gasteiger partial charge in [0.2, 0.25) is 5.91 Å². The first-order valence-electron chi connectivity index (χ1n) is 8.40. The summed E-state index contributed by atoms with van der Waals surface area (Å²) < 4.78 is 5.25. The van der Waals surface area contributed by atoms with E-state index in [1.807, 2.05) is 39.0 Å². The molecular formula is C18H25ClN2O5. The van der Waals surface area contributed by atoms with E-state index in [1.54, 1.807) is 12.1 Å². The maximum atomic E-state index is 12.9. The normalized spacial score (nSPS) is 24.4. The van der Waals surface area contributed by atoms with E-state index in [2.05, 4.69) is 4.84 Å². The highest BCUT2D eigenvalue weighted by Gasteiger charge is 2.50. The molecule has 7 nitrogen and oxygen atoms in total. The van der Waals surface area contributed by atoms with Crippen LogP contribution >= 0.6 is 11.8 Å². The van der Waals surface area contributed by atoms with Crippen LogP contribution in [-0.2, 0) is 20.9 Å². The van der Waals surface area contributed by atoms with Gasteiger partial charge in [0.05, 0.1) is 6.54 Å². The molecule has 0 spiro atoms. The molecule has 0 radical (unpaired) electrons. The Bertz CT molecular complexity index is 634. The lowest BCUT2D eigenvalue weighted by molar-refractivity contribution is -0.159. The van der Waals surface area contributed by atoms with Gasteiger partial charge in [0, 0.05) is 0 Å². The fraction of sp³-hybridized carbons (Fsp3) is 0.556. The zero-order valence-electron chi connectivity index (χ0n) is 15.1. The Morgan fingerprint density at radius 2 is 1.92 bits per heavy atom. The van der Waals surface area contributed by atoms with Crippen LogP contribution in [0.4, 0.5) is 0 Å². The number of likely N-dealkylation sites (tertiary alicyclic amines) is 1. The first-order valence-corrected chi connectivity index (χ1v) is 8.78. The van der Waals surface area contributed by atoms with Crippen molar-refractivity contribution in [3.8, 4) is 0 Å². The quantitative estimate of drug-likeness (QED) is 0.513. The van der Waals surface area contributed by atoms with Crippen LogP contribution < -0.4 is 4.84 Å². The number of ether oxygens (including phenoxy) is 1. The highest BCUT2D eigenvalue weighted by molar-refractivity contribution is 6.15. The summed E-state index contributed by atoms with van der Waals surface area (Å²) >= 11 is 5.73. The number of carbonyl (C=O) groups excluding carboxylic acids is 2. The van der Waals surface area contributed by atoms with Crippen molar-refractivity contribution in [3.05, 3.63) is 35.9 Å². The predicted octanol–water partition coefficient (Wildman–Crippen LogP) is 0.820. The molecule has 1 aromatic carbocycles. The Morgan fingerprint density at radius 3 is 2.46 bits per heavy atom. The largest absolute Gasteiger partial charge is 0.459 e. The number of β-amino-alcohol motifs (C(OH)–C–C–N with tert-alkyl or cyclic N) is 1. The molecule has 1 aromatic rings. The lowest BCUT2D eigenvalue weighted by Gasteiger charge is -2.33. The molecule has 0 aliphatic carbocycles. The first-order chi connectivity index (χ1) is 12.2. The van der Waals surface area contributed by atoms with Crippen molar-refractivity contribution in [3.63, 3.8) is 0 Å². The van der Waals surface area contributed by atoms with Crippen LogP contribution in [0.1, 0.15) is 26.3 Å². The van der Waals surface area contributed by atoms with Gasteiger partial charge in [0.25, 0.3) is 0 Å². The summed E-state index contributed by atoms with van der Waals surface area (Å²) in [4.78, 5) is 28.9. The van der Waals surface area contributed by atoms with Crippen LogP contribution in [0.3, 0.4) is 0 Å². The van der Waals surface area contributed by atoms with Gasteiger partial charge in [-0.1, -0.05) is 51.1 Å². The molecule has 0 saturated carbocycles. The second kappa shape index (κ2) is 8.35. The Hall–Kier alpha value is -1.67. The fourth-order valence-corrected chi connectivity index (χ4v) is 3.29.